The molecule has 0 aromatic heterocycles. The molecule has 88 valence electrons. The van der Waals surface area contributed by atoms with Gasteiger partial charge in [-0.15, -0.1) is 11.8 Å². The molecule has 0 N–H and O–H groups in total. The molecule has 1 saturated carbocycles. The SMILES string of the molecule is O=S(=O)(Cl)c1ccc(SC2CCCC2)cc1. The third-order valence-corrected chi connectivity index (χ3v) is 5.43. The Morgan fingerprint density at radius 1 is 1.12 bits per heavy atom. The van der Waals surface area contributed by atoms with E-state index in [4.69, 9.17) is 10.7 Å². The highest BCUT2D eigenvalue weighted by atomic mass is 35.7. The normalized spacial score (nSPS) is 17.8. The third-order valence-electron chi connectivity index (χ3n) is 2.71. The molecule has 1 aromatic rings. The number of hydrogen-bond acceptors (Lipinski definition) is 3. The van der Waals surface area contributed by atoms with Gasteiger partial charge in [0.05, 0.1) is 4.90 Å². The average molecular weight is 277 g/mol. The van der Waals surface area contributed by atoms with Crippen LogP contribution < -0.4 is 0 Å². The number of hydrogen-bond donors (Lipinski definition) is 0. The molecule has 16 heavy (non-hydrogen) atoms. The predicted octanol–water partition coefficient (Wildman–Crippen LogP) is 3.65. The summed E-state index contributed by atoms with van der Waals surface area (Å²) in [6.45, 7) is 0. The summed E-state index contributed by atoms with van der Waals surface area (Å²) in [6, 6.07) is 6.80. The quantitative estimate of drug-likeness (QED) is 0.791. The summed E-state index contributed by atoms with van der Waals surface area (Å²) in [5, 5.41) is 0.693. The Labute approximate surface area is 105 Å². The molecule has 0 amide bonds. The first-order valence-electron chi connectivity index (χ1n) is 5.27. The Morgan fingerprint density at radius 2 is 1.69 bits per heavy atom. The molecule has 0 atom stereocenters. The van der Waals surface area contributed by atoms with Gasteiger partial charge < -0.3 is 0 Å². The van der Waals surface area contributed by atoms with Gasteiger partial charge in [0, 0.05) is 20.8 Å². The van der Waals surface area contributed by atoms with Crippen LogP contribution in [0.25, 0.3) is 0 Å². The first-order chi connectivity index (χ1) is 7.55. The van der Waals surface area contributed by atoms with Crippen molar-refractivity contribution in [3.8, 4) is 0 Å². The van der Waals surface area contributed by atoms with Gasteiger partial charge in [-0.2, -0.15) is 0 Å². The number of benzene rings is 1. The van der Waals surface area contributed by atoms with Crippen LogP contribution in [0.2, 0.25) is 0 Å². The topological polar surface area (TPSA) is 34.1 Å². The largest absolute Gasteiger partial charge is 0.261 e. The van der Waals surface area contributed by atoms with E-state index >= 15 is 0 Å². The molecule has 0 bridgehead atoms. The van der Waals surface area contributed by atoms with Crippen molar-refractivity contribution in [2.45, 2.75) is 40.7 Å². The van der Waals surface area contributed by atoms with Crippen molar-refractivity contribution in [3.63, 3.8) is 0 Å². The van der Waals surface area contributed by atoms with E-state index in [1.165, 1.54) is 25.7 Å². The van der Waals surface area contributed by atoms with Crippen molar-refractivity contribution in [1.82, 2.24) is 0 Å². The first-order valence-corrected chi connectivity index (χ1v) is 8.46. The van der Waals surface area contributed by atoms with Gasteiger partial charge in [-0.1, -0.05) is 12.8 Å². The summed E-state index contributed by atoms with van der Waals surface area (Å²) < 4.78 is 22.1. The first kappa shape index (κ1) is 12.3. The van der Waals surface area contributed by atoms with E-state index in [1.54, 1.807) is 12.1 Å². The highest BCUT2D eigenvalue weighted by molar-refractivity contribution is 8.13. The zero-order valence-electron chi connectivity index (χ0n) is 8.73. The van der Waals surface area contributed by atoms with Crippen molar-refractivity contribution in [2.75, 3.05) is 0 Å². The Morgan fingerprint density at radius 3 is 2.19 bits per heavy atom. The predicted molar refractivity (Wildman–Crippen MR) is 67.6 cm³/mol. The maximum Gasteiger partial charge on any atom is 0.261 e. The molecule has 2 nitrogen and oxygen atoms in total. The minimum Gasteiger partial charge on any atom is -0.207 e. The summed E-state index contributed by atoms with van der Waals surface area (Å²) >= 11 is 1.83. The molecule has 2 rings (SSSR count). The molecule has 0 heterocycles. The second-order valence-corrected chi connectivity index (χ2v) is 7.87. The monoisotopic (exact) mass is 276 g/mol. The van der Waals surface area contributed by atoms with Crippen LogP contribution in [0.1, 0.15) is 25.7 Å². The summed E-state index contributed by atoms with van der Waals surface area (Å²) in [4.78, 5) is 1.29. The standard InChI is InChI=1S/C11H13ClO2S2/c12-16(13,14)11-7-5-10(6-8-11)15-9-3-1-2-4-9/h5-9H,1-4H2. The lowest BCUT2D eigenvalue weighted by Crippen LogP contribution is -1.94. The summed E-state index contributed by atoms with van der Waals surface area (Å²) in [6.07, 6.45) is 5.15. The van der Waals surface area contributed by atoms with Crippen LogP contribution in [-0.4, -0.2) is 13.7 Å². The van der Waals surface area contributed by atoms with Crippen LogP contribution in [0.15, 0.2) is 34.1 Å². The van der Waals surface area contributed by atoms with E-state index in [9.17, 15) is 8.42 Å². The van der Waals surface area contributed by atoms with Gasteiger partial charge in [-0.25, -0.2) is 8.42 Å². The third kappa shape index (κ3) is 3.15. The summed E-state index contributed by atoms with van der Waals surface area (Å²) in [7, 11) is 1.66. The molecule has 0 unspecified atom stereocenters. The van der Waals surface area contributed by atoms with Crippen molar-refractivity contribution in [1.29, 1.82) is 0 Å². The Kier molecular flexibility index (Phi) is 3.82. The van der Waals surface area contributed by atoms with Gasteiger partial charge in [-0.3, -0.25) is 0 Å². The highest BCUT2D eigenvalue weighted by Crippen LogP contribution is 2.34. The Balaban J connectivity index is 2.07. The maximum atomic E-state index is 11.0. The van der Waals surface area contributed by atoms with Crippen LogP contribution in [0.3, 0.4) is 0 Å². The molecule has 1 aromatic carbocycles. The van der Waals surface area contributed by atoms with Crippen LogP contribution in [-0.2, 0) is 9.05 Å². The van der Waals surface area contributed by atoms with Crippen LogP contribution in [0, 0.1) is 0 Å². The van der Waals surface area contributed by atoms with Gasteiger partial charge >= 0.3 is 0 Å². The lowest BCUT2D eigenvalue weighted by molar-refractivity contribution is 0.609. The molecule has 0 aliphatic heterocycles. The zero-order valence-corrected chi connectivity index (χ0v) is 11.1. The van der Waals surface area contributed by atoms with Crippen LogP contribution in [0.4, 0.5) is 0 Å². The maximum absolute atomic E-state index is 11.0. The highest BCUT2D eigenvalue weighted by Gasteiger charge is 2.16. The smallest absolute Gasteiger partial charge is 0.207 e. The summed E-state index contributed by atoms with van der Waals surface area (Å²) in [5.74, 6) is 0. The molecule has 0 saturated heterocycles. The molecule has 0 spiro atoms. The molecule has 1 aliphatic rings. The molecule has 1 fully saturated rings. The van der Waals surface area contributed by atoms with Crippen molar-refractivity contribution in [3.05, 3.63) is 24.3 Å². The Bertz CT molecular complexity index is 447. The fourth-order valence-corrected chi connectivity index (χ4v) is 3.90. The summed E-state index contributed by atoms with van der Waals surface area (Å²) in [5.41, 5.74) is 0. The van der Waals surface area contributed by atoms with E-state index in [0.717, 1.165) is 4.90 Å². The molecule has 1 aliphatic carbocycles. The Hall–Kier alpha value is -0.190. The van der Waals surface area contributed by atoms with E-state index in [1.807, 2.05) is 23.9 Å². The minimum atomic E-state index is -3.58. The fraction of sp³-hybridized carbons (Fsp3) is 0.455. The molecule has 0 radical (unpaired) electrons. The van der Waals surface area contributed by atoms with Gasteiger partial charge in [0.2, 0.25) is 0 Å². The van der Waals surface area contributed by atoms with Gasteiger partial charge in [0.1, 0.15) is 0 Å². The van der Waals surface area contributed by atoms with Gasteiger partial charge in [0.15, 0.2) is 0 Å². The average Bonchev–Trinajstić information content (AvgIpc) is 2.70. The van der Waals surface area contributed by atoms with Gasteiger partial charge in [-0.05, 0) is 37.1 Å². The van der Waals surface area contributed by atoms with E-state index in [0.29, 0.717) is 5.25 Å². The second-order valence-electron chi connectivity index (χ2n) is 3.93. The number of thioether (sulfide) groups is 1. The lowest BCUT2D eigenvalue weighted by Gasteiger charge is -2.08. The number of rotatable bonds is 3. The van der Waals surface area contributed by atoms with E-state index < -0.39 is 9.05 Å². The van der Waals surface area contributed by atoms with Crippen molar-refractivity contribution >= 4 is 31.5 Å². The zero-order chi connectivity index (χ0) is 11.6. The van der Waals surface area contributed by atoms with Crippen LogP contribution >= 0.6 is 22.4 Å². The second kappa shape index (κ2) is 4.98. The minimum absolute atomic E-state index is 0.171. The fourth-order valence-electron chi connectivity index (χ4n) is 1.88. The number of halogens is 1. The lowest BCUT2D eigenvalue weighted by atomic mass is 10.4. The van der Waals surface area contributed by atoms with Crippen molar-refractivity contribution in [2.24, 2.45) is 0 Å². The van der Waals surface area contributed by atoms with Crippen LogP contribution in [0.5, 0.6) is 0 Å². The van der Waals surface area contributed by atoms with Crippen molar-refractivity contribution < 1.29 is 8.42 Å². The molecular weight excluding hydrogens is 264 g/mol. The van der Waals surface area contributed by atoms with E-state index in [2.05, 4.69) is 0 Å². The van der Waals surface area contributed by atoms with E-state index in [-0.39, 0.29) is 4.90 Å². The van der Waals surface area contributed by atoms with Gasteiger partial charge in [0.25, 0.3) is 9.05 Å². The molecular formula is C11H13ClO2S2. The molecule has 5 heteroatoms.